The Bertz CT molecular complexity index is 1520. The minimum Gasteiger partial charge on any atom is -0.480 e. The molecule has 3 aromatic carbocycles. The summed E-state index contributed by atoms with van der Waals surface area (Å²) in [5, 5.41) is 9.26. The molecule has 2 aliphatic heterocycles. The minimum atomic E-state index is -4.05. The first-order valence-corrected chi connectivity index (χ1v) is 13.7. The number of piperazine rings is 1. The summed E-state index contributed by atoms with van der Waals surface area (Å²) in [6, 6.07) is 14.5. The van der Waals surface area contributed by atoms with Crippen LogP contribution in [0.25, 0.3) is 11.1 Å². The summed E-state index contributed by atoms with van der Waals surface area (Å²) in [6.07, 6.45) is 0. The molecule has 3 aromatic rings. The van der Waals surface area contributed by atoms with Gasteiger partial charge in [-0.25, -0.2) is 12.8 Å². The van der Waals surface area contributed by atoms with Crippen LogP contribution < -0.4 is 13.9 Å². The Labute approximate surface area is 223 Å². The maximum absolute atomic E-state index is 14.3. The average molecular weight is 562 g/mol. The lowest BCUT2D eigenvalue weighted by Crippen LogP contribution is -2.61. The van der Waals surface area contributed by atoms with Gasteiger partial charge in [0.25, 0.3) is 10.0 Å². The second-order valence-electron chi connectivity index (χ2n) is 9.59. The van der Waals surface area contributed by atoms with Crippen molar-refractivity contribution in [2.45, 2.75) is 24.5 Å². The Hall–Kier alpha value is -3.77. The highest BCUT2D eigenvalue weighted by Crippen LogP contribution is 2.42. The van der Waals surface area contributed by atoms with Crippen LogP contribution in [0.15, 0.2) is 65.6 Å². The van der Waals surface area contributed by atoms with E-state index in [1.54, 1.807) is 48.2 Å². The first-order chi connectivity index (χ1) is 18.5. The molecule has 2 heterocycles. The number of carbonyl (C=O) groups is 1. The molecule has 1 atom stereocenters. The zero-order valence-corrected chi connectivity index (χ0v) is 21.7. The molecule has 1 fully saturated rings. The van der Waals surface area contributed by atoms with Crippen molar-refractivity contribution in [1.82, 2.24) is 4.90 Å². The average Bonchev–Trinajstić information content (AvgIpc) is 2.86. The fourth-order valence-corrected chi connectivity index (χ4v) is 6.81. The fraction of sp³-hybridized carbons (Fsp3) is 0.296. The number of ether oxygens (including phenoxy) is 1. The van der Waals surface area contributed by atoms with Gasteiger partial charge in [-0.05, 0) is 60.0 Å². The number of hydrogen-bond acceptors (Lipinski definition) is 6. The number of rotatable bonds is 7. The van der Waals surface area contributed by atoms with Gasteiger partial charge >= 0.3 is 12.6 Å². The van der Waals surface area contributed by atoms with Crippen LogP contribution >= 0.6 is 0 Å². The zero-order valence-electron chi connectivity index (χ0n) is 20.9. The fourth-order valence-electron chi connectivity index (χ4n) is 5.19. The smallest absolute Gasteiger partial charge is 0.387 e. The van der Waals surface area contributed by atoms with Gasteiger partial charge in [-0.1, -0.05) is 18.2 Å². The van der Waals surface area contributed by atoms with E-state index in [-0.39, 0.29) is 35.3 Å². The number of alkyl halides is 2. The van der Waals surface area contributed by atoms with Gasteiger partial charge in [0.2, 0.25) is 0 Å². The van der Waals surface area contributed by atoms with Crippen LogP contribution in [-0.4, -0.2) is 69.8 Å². The van der Waals surface area contributed by atoms with Crippen molar-refractivity contribution in [2.24, 2.45) is 0 Å². The molecule has 1 N–H and O–H groups in total. The molecule has 8 nitrogen and oxygen atoms in total. The Balaban J connectivity index is 1.61. The molecule has 0 unspecified atom stereocenters. The van der Waals surface area contributed by atoms with Gasteiger partial charge < -0.3 is 14.7 Å². The molecular weight excluding hydrogens is 535 g/mol. The second kappa shape index (κ2) is 10.4. The molecule has 0 saturated carbocycles. The van der Waals surface area contributed by atoms with E-state index >= 15 is 0 Å². The highest BCUT2D eigenvalue weighted by molar-refractivity contribution is 7.92. The van der Waals surface area contributed by atoms with Crippen molar-refractivity contribution in [3.05, 3.63) is 72.0 Å². The monoisotopic (exact) mass is 561 g/mol. The lowest BCUT2D eigenvalue weighted by Gasteiger charge is -2.49. The summed E-state index contributed by atoms with van der Waals surface area (Å²) in [6.45, 7) is -0.116. The summed E-state index contributed by atoms with van der Waals surface area (Å²) in [4.78, 5) is 15.2. The van der Waals surface area contributed by atoms with Crippen molar-refractivity contribution in [2.75, 3.05) is 41.9 Å². The van der Waals surface area contributed by atoms with Crippen molar-refractivity contribution in [3.8, 4) is 16.9 Å². The van der Waals surface area contributed by atoms with Crippen molar-refractivity contribution < 1.29 is 36.2 Å². The van der Waals surface area contributed by atoms with Gasteiger partial charge in [0, 0.05) is 25.7 Å². The van der Waals surface area contributed by atoms with E-state index in [0.29, 0.717) is 36.6 Å². The number of fused-ring (bicyclic) bond motifs is 3. The summed E-state index contributed by atoms with van der Waals surface area (Å²) < 4.78 is 73.4. The molecule has 0 bridgehead atoms. The second-order valence-corrected chi connectivity index (χ2v) is 11.4. The number of aryl methyl sites for hydroxylation is 1. The summed E-state index contributed by atoms with van der Waals surface area (Å²) in [5.74, 6) is -2.09. The molecule has 0 aromatic heterocycles. The first-order valence-electron chi connectivity index (χ1n) is 12.2. The Kier molecular flexibility index (Phi) is 7.17. The summed E-state index contributed by atoms with van der Waals surface area (Å²) in [5.41, 5.74) is 2.41. The predicted molar refractivity (Wildman–Crippen MR) is 139 cm³/mol. The van der Waals surface area contributed by atoms with Gasteiger partial charge in [-0.15, -0.1) is 0 Å². The maximum Gasteiger partial charge on any atom is 0.387 e. The van der Waals surface area contributed by atoms with E-state index in [1.165, 1.54) is 16.4 Å². The van der Waals surface area contributed by atoms with Gasteiger partial charge in [-0.3, -0.25) is 14.0 Å². The normalized spacial score (nSPS) is 17.6. The van der Waals surface area contributed by atoms with Gasteiger partial charge in [0.05, 0.1) is 35.4 Å². The lowest BCUT2D eigenvalue weighted by molar-refractivity contribution is -0.138. The predicted octanol–water partition coefficient (Wildman–Crippen LogP) is 4.19. The zero-order chi connectivity index (χ0) is 27.9. The number of carboxylic acids is 1. The van der Waals surface area contributed by atoms with E-state index < -0.39 is 28.4 Å². The van der Waals surface area contributed by atoms with Crippen LogP contribution in [0.4, 0.5) is 24.5 Å². The third-order valence-corrected chi connectivity index (χ3v) is 8.64. The van der Waals surface area contributed by atoms with E-state index in [1.807, 2.05) is 0 Å². The Morgan fingerprint density at radius 3 is 2.54 bits per heavy atom. The van der Waals surface area contributed by atoms with Crippen molar-refractivity contribution in [3.63, 3.8) is 0 Å². The van der Waals surface area contributed by atoms with Crippen LogP contribution in [0.2, 0.25) is 0 Å². The standard InChI is InChI=1S/C27H26F3N3O5S/c1-17-3-2-4-23(9-17)39(36,37)33-15-21-14-31(16-26(34)35)7-8-32(21)24-6-5-18(12-25(24)33)19-10-20(28)13-22(11-19)38-27(29)30/h2-6,9-13,21,27H,7-8,14-16H2,1H3,(H,34,35)/t21-/m0/s1. The maximum atomic E-state index is 14.3. The number of nitrogens with zero attached hydrogens (tertiary/aromatic N) is 3. The summed E-state index contributed by atoms with van der Waals surface area (Å²) >= 11 is 0. The highest BCUT2D eigenvalue weighted by atomic mass is 32.2. The van der Waals surface area contributed by atoms with Crippen LogP contribution in [0.5, 0.6) is 5.75 Å². The number of aliphatic carboxylic acids is 1. The summed E-state index contributed by atoms with van der Waals surface area (Å²) in [7, 11) is -4.05. The number of anilines is 2. The topological polar surface area (TPSA) is 90.4 Å². The molecular formula is C27H26F3N3O5S. The molecule has 206 valence electrons. The third kappa shape index (κ3) is 5.52. The highest BCUT2D eigenvalue weighted by Gasteiger charge is 2.40. The quantitative estimate of drug-likeness (QED) is 0.463. The van der Waals surface area contributed by atoms with Gasteiger partial charge in [-0.2, -0.15) is 8.78 Å². The Morgan fingerprint density at radius 2 is 1.82 bits per heavy atom. The number of benzene rings is 3. The molecule has 2 aliphatic rings. The van der Waals surface area contributed by atoms with E-state index in [2.05, 4.69) is 9.64 Å². The molecule has 0 amide bonds. The Morgan fingerprint density at radius 1 is 1.03 bits per heavy atom. The molecule has 1 saturated heterocycles. The van der Waals surface area contributed by atoms with Crippen LogP contribution in [-0.2, 0) is 14.8 Å². The molecule has 12 heteroatoms. The van der Waals surface area contributed by atoms with E-state index in [4.69, 9.17) is 0 Å². The SMILES string of the molecule is Cc1cccc(S(=O)(=O)N2C[C@@H]3CN(CC(=O)O)CCN3c3ccc(-c4cc(F)cc(OC(F)F)c4)cc32)c1. The number of halogens is 3. The number of sulfonamides is 1. The number of hydrogen-bond donors (Lipinski definition) is 1. The molecule has 5 rings (SSSR count). The van der Waals surface area contributed by atoms with Crippen LogP contribution in [0.1, 0.15) is 5.56 Å². The van der Waals surface area contributed by atoms with E-state index in [0.717, 1.165) is 17.7 Å². The van der Waals surface area contributed by atoms with Crippen molar-refractivity contribution >= 4 is 27.4 Å². The van der Waals surface area contributed by atoms with Gasteiger partial charge in [0.15, 0.2) is 0 Å². The molecule has 39 heavy (non-hydrogen) atoms. The number of carboxylic acid groups (broad SMARTS) is 1. The minimum absolute atomic E-state index is 0.0613. The molecule has 0 aliphatic carbocycles. The first kappa shape index (κ1) is 26.8. The van der Waals surface area contributed by atoms with Crippen LogP contribution in [0, 0.1) is 12.7 Å². The molecule has 0 spiro atoms. The largest absolute Gasteiger partial charge is 0.480 e. The van der Waals surface area contributed by atoms with E-state index in [9.17, 15) is 31.5 Å². The third-order valence-electron chi connectivity index (χ3n) is 6.86. The van der Waals surface area contributed by atoms with Gasteiger partial charge in [0.1, 0.15) is 11.6 Å². The lowest BCUT2D eigenvalue weighted by atomic mass is 10.00. The van der Waals surface area contributed by atoms with Crippen LogP contribution in [0.3, 0.4) is 0 Å². The molecule has 0 radical (unpaired) electrons. The van der Waals surface area contributed by atoms with Crippen molar-refractivity contribution in [1.29, 1.82) is 0 Å².